The summed E-state index contributed by atoms with van der Waals surface area (Å²) >= 11 is 0. The van der Waals surface area contributed by atoms with E-state index in [1.54, 1.807) is 25.1 Å². The van der Waals surface area contributed by atoms with Crippen LogP contribution in [0.1, 0.15) is 122 Å². The molecule has 1 aromatic rings. The fourth-order valence-corrected chi connectivity index (χ4v) is 3.78. The molecule has 0 aliphatic heterocycles. The maximum Gasteiger partial charge on any atom is 0.331 e. The number of carbonyl (C=O) groups is 2. The zero-order valence-corrected chi connectivity index (χ0v) is 21.4. The van der Waals surface area contributed by atoms with Gasteiger partial charge in [0.25, 0.3) is 0 Å². The highest BCUT2D eigenvalue weighted by Crippen LogP contribution is 2.17. The van der Waals surface area contributed by atoms with Crippen molar-refractivity contribution < 1.29 is 19.4 Å². The average molecular weight is 473 g/mol. The molecular weight excluding hydrogens is 428 g/mol. The van der Waals surface area contributed by atoms with Crippen LogP contribution >= 0.6 is 0 Å². The lowest BCUT2D eigenvalue weighted by Gasteiger charge is -2.21. The van der Waals surface area contributed by atoms with Gasteiger partial charge in [-0.2, -0.15) is 0 Å². The van der Waals surface area contributed by atoms with Gasteiger partial charge in [-0.3, -0.25) is 4.79 Å². The van der Waals surface area contributed by atoms with Crippen LogP contribution in [-0.2, 0) is 14.3 Å². The topological polar surface area (TPSA) is 88.5 Å². The molecule has 1 heterocycles. The highest BCUT2D eigenvalue weighted by Gasteiger charge is 2.31. The lowest BCUT2D eigenvalue weighted by atomic mass is 10.0. The monoisotopic (exact) mass is 472 g/mol. The zero-order valence-electron chi connectivity index (χ0n) is 21.4. The number of hydrogen-bond donors (Lipinski definition) is 2. The van der Waals surface area contributed by atoms with E-state index in [0.717, 1.165) is 12.8 Å². The molecule has 190 valence electrons. The Morgan fingerprint density at radius 2 is 1.56 bits per heavy atom. The largest absolute Gasteiger partial charge is 0.464 e. The van der Waals surface area contributed by atoms with Gasteiger partial charge >= 0.3 is 5.97 Å². The van der Waals surface area contributed by atoms with Crippen LogP contribution in [0.3, 0.4) is 0 Å². The van der Waals surface area contributed by atoms with Gasteiger partial charge in [-0.15, -0.1) is 0 Å². The normalized spacial score (nSPS) is 12.4. The van der Waals surface area contributed by atoms with E-state index in [9.17, 15) is 14.7 Å². The van der Waals surface area contributed by atoms with Gasteiger partial charge in [-0.25, -0.2) is 9.78 Å². The van der Waals surface area contributed by atoms with E-state index in [1.165, 1.54) is 77.6 Å². The van der Waals surface area contributed by atoms with Crippen molar-refractivity contribution >= 4 is 11.9 Å². The van der Waals surface area contributed by atoms with Crippen molar-refractivity contribution in [3.63, 3.8) is 0 Å². The summed E-state index contributed by atoms with van der Waals surface area (Å²) in [5.74, 6) is 5.06. The van der Waals surface area contributed by atoms with Crippen LogP contribution < -0.4 is 5.32 Å². The van der Waals surface area contributed by atoms with Gasteiger partial charge in [0.2, 0.25) is 5.91 Å². The quantitative estimate of drug-likeness (QED) is 0.174. The van der Waals surface area contributed by atoms with Gasteiger partial charge in [-0.1, -0.05) is 89.5 Å². The van der Waals surface area contributed by atoms with Crippen molar-refractivity contribution in [2.24, 2.45) is 0 Å². The van der Waals surface area contributed by atoms with Gasteiger partial charge in [0.05, 0.1) is 12.3 Å². The Balaban J connectivity index is 2.36. The maximum atomic E-state index is 12.1. The Kier molecular flexibility index (Phi) is 16.5. The SMILES string of the molecule is CCCCCCCCCCCCCCC#Cc1cccc(C(O)C(NC(C)=O)C(=O)OCC)n1. The Labute approximate surface area is 206 Å². The lowest BCUT2D eigenvalue weighted by Crippen LogP contribution is -2.45. The second kappa shape index (κ2) is 19.0. The molecule has 1 rings (SSSR count). The number of pyridine rings is 1. The first-order valence-corrected chi connectivity index (χ1v) is 13.1. The Morgan fingerprint density at radius 1 is 0.971 bits per heavy atom. The average Bonchev–Trinajstić information content (AvgIpc) is 2.82. The van der Waals surface area contributed by atoms with E-state index in [1.807, 2.05) is 0 Å². The third-order valence-corrected chi connectivity index (χ3v) is 5.66. The van der Waals surface area contributed by atoms with E-state index in [0.29, 0.717) is 5.69 Å². The van der Waals surface area contributed by atoms with Crippen molar-refractivity contribution in [2.75, 3.05) is 6.61 Å². The summed E-state index contributed by atoms with van der Waals surface area (Å²) in [5, 5.41) is 13.1. The summed E-state index contributed by atoms with van der Waals surface area (Å²) in [7, 11) is 0. The molecule has 6 nitrogen and oxygen atoms in total. The molecule has 1 aromatic heterocycles. The molecule has 6 heteroatoms. The molecule has 0 radical (unpaired) electrons. The predicted octanol–water partition coefficient (Wildman–Crippen LogP) is 5.63. The Morgan fingerprint density at radius 3 is 2.12 bits per heavy atom. The highest BCUT2D eigenvalue weighted by atomic mass is 16.5. The maximum absolute atomic E-state index is 12.1. The summed E-state index contributed by atoms with van der Waals surface area (Å²) in [4.78, 5) is 28.0. The summed E-state index contributed by atoms with van der Waals surface area (Å²) in [6.07, 6.45) is 15.2. The smallest absolute Gasteiger partial charge is 0.331 e. The minimum atomic E-state index is -1.32. The molecule has 0 aromatic carbocycles. The first kappa shape index (κ1) is 29.6. The second-order valence-electron chi connectivity index (χ2n) is 8.76. The van der Waals surface area contributed by atoms with Crippen LogP contribution in [0.5, 0.6) is 0 Å². The molecule has 2 N–H and O–H groups in total. The van der Waals surface area contributed by atoms with Crippen molar-refractivity contribution in [1.82, 2.24) is 10.3 Å². The summed E-state index contributed by atoms with van der Waals surface area (Å²) in [6, 6.07) is 3.89. The molecule has 0 aliphatic carbocycles. The molecule has 1 amide bonds. The molecule has 0 saturated carbocycles. The lowest BCUT2D eigenvalue weighted by molar-refractivity contribution is -0.150. The number of rotatable bonds is 17. The number of nitrogens with one attached hydrogen (secondary N) is 1. The van der Waals surface area contributed by atoms with Crippen molar-refractivity contribution in [3.8, 4) is 11.8 Å². The molecule has 0 bridgehead atoms. The molecule has 2 atom stereocenters. The molecule has 0 spiro atoms. The van der Waals surface area contributed by atoms with Crippen LogP contribution in [0.2, 0.25) is 0 Å². The number of nitrogens with zero attached hydrogens (tertiary/aromatic N) is 1. The molecular formula is C28H44N2O4. The number of aliphatic hydroxyl groups is 1. The third kappa shape index (κ3) is 13.3. The standard InChI is InChI=1S/C28H44N2O4/c1-4-6-7-8-9-10-11-12-13-14-15-16-17-18-20-24-21-19-22-25(30-24)27(32)26(29-23(3)31)28(33)34-5-2/h19,21-22,26-27,32H,4-17H2,1-3H3,(H,29,31). The van der Waals surface area contributed by atoms with Crippen LogP contribution in [-0.4, -0.2) is 34.6 Å². The van der Waals surface area contributed by atoms with Gasteiger partial charge in [-0.05, 0) is 31.4 Å². The van der Waals surface area contributed by atoms with Crippen LogP contribution in [0.25, 0.3) is 0 Å². The van der Waals surface area contributed by atoms with E-state index in [4.69, 9.17) is 4.74 Å². The second-order valence-corrected chi connectivity index (χ2v) is 8.76. The van der Waals surface area contributed by atoms with Gasteiger partial charge in [0.1, 0.15) is 11.8 Å². The number of unbranched alkanes of at least 4 members (excludes halogenated alkanes) is 12. The number of aromatic nitrogens is 1. The van der Waals surface area contributed by atoms with Crippen LogP contribution in [0.15, 0.2) is 18.2 Å². The van der Waals surface area contributed by atoms with E-state index in [2.05, 4.69) is 29.1 Å². The van der Waals surface area contributed by atoms with Crippen molar-refractivity contribution in [2.45, 2.75) is 116 Å². The van der Waals surface area contributed by atoms with Crippen molar-refractivity contribution in [1.29, 1.82) is 0 Å². The van der Waals surface area contributed by atoms with Crippen molar-refractivity contribution in [3.05, 3.63) is 29.6 Å². The summed E-state index contributed by atoms with van der Waals surface area (Å²) in [5.41, 5.74) is 0.796. The molecule has 0 saturated heterocycles. The number of hydrogen-bond acceptors (Lipinski definition) is 5. The van der Waals surface area contributed by atoms with Gasteiger partial charge < -0.3 is 15.2 Å². The van der Waals surface area contributed by atoms with E-state index < -0.39 is 24.0 Å². The molecule has 34 heavy (non-hydrogen) atoms. The van der Waals surface area contributed by atoms with Crippen LogP contribution in [0.4, 0.5) is 0 Å². The minimum Gasteiger partial charge on any atom is -0.464 e. The Bertz CT molecular complexity index is 769. The minimum absolute atomic E-state index is 0.152. The first-order valence-electron chi connectivity index (χ1n) is 13.1. The molecule has 0 fully saturated rings. The summed E-state index contributed by atoms with van der Waals surface area (Å²) < 4.78 is 4.97. The van der Waals surface area contributed by atoms with Gasteiger partial charge in [0, 0.05) is 13.3 Å². The molecule has 0 aliphatic rings. The van der Waals surface area contributed by atoms with Crippen LogP contribution in [0, 0.1) is 11.8 Å². The molecule has 2 unspecified atom stereocenters. The fourth-order valence-electron chi connectivity index (χ4n) is 3.78. The van der Waals surface area contributed by atoms with Gasteiger partial charge in [0.15, 0.2) is 6.04 Å². The number of esters is 1. The third-order valence-electron chi connectivity index (χ3n) is 5.66. The predicted molar refractivity (Wildman–Crippen MR) is 136 cm³/mol. The van der Waals surface area contributed by atoms with E-state index in [-0.39, 0.29) is 12.3 Å². The van der Waals surface area contributed by atoms with E-state index >= 15 is 0 Å². The number of carbonyl (C=O) groups excluding carboxylic acids is 2. The number of ether oxygens (including phenoxy) is 1. The highest BCUT2D eigenvalue weighted by molar-refractivity contribution is 5.83. The number of amides is 1. The Hall–Kier alpha value is -2.39. The zero-order chi connectivity index (χ0) is 25.0. The first-order chi connectivity index (χ1) is 16.5. The number of aliphatic hydroxyl groups excluding tert-OH is 1. The summed E-state index contributed by atoms with van der Waals surface area (Å²) in [6.45, 7) is 5.36. The fraction of sp³-hybridized carbons (Fsp3) is 0.679.